The fourth-order valence-electron chi connectivity index (χ4n) is 2.26. The molecule has 2 unspecified atom stereocenters. The second-order valence-corrected chi connectivity index (χ2v) is 5.28. The van der Waals surface area contributed by atoms with Crippen molar-refractivity contribution in [2.45, 2.75) is 59.0 Å². The number of aryl methyl sites for hydroxylation is 2. The van der Waals surface area contributed by atoms with E-state index in [0.717, 1.165) is 30.7 Å². The lowest BCUT2D eigenvalue weighted by Crippen LogP contribution is -2.45. The quantitative estimate of drug-likeness (QED) is 0.839. The van der Waals surface area contributed by atoms with E-state index < -0.39 is 6.04 Å². The Hall–Kier alpha value is -1.07. The van der Waals surface area contributed by atoms with Crippen LogP contribution in [0.4, 0.5) is 0 Å². The smallest absolute Gasteiger partial charge is 0.237 e. The Balaban J connectivity index is 0.00000361. The van der Waals surface area contributed by atoms with Gasteiger partial charge in [0.15, 0.2) is 0 Å². The van der Waals surface area contributed by atoms with Crippen molar-refractivity contribution < 1.29 is 4.79 Å². The van der Waals surface area contributed by atoms with Gasteiger partial charge in [0.2, 0.25) is 5.91 Å². The molecule has 0 fully saturated rings. The van der Waals surface area contributed by atoms with Crippen molar-refractivity contribution in [3.63, 3.8) is 0 Å². The number of halogens is 1. The molecule has 1 rings (SSSR count). The molecule has 1 aromatic rings. The van der Waals surface area contributed by atoms with Crippen molar-refractivity contribution in [3.8, 4) is 0 Å². The molecule has 1 aromatic heterocycles. The number of carbonyl (C=O) groups is 1. The van der Waals surface area contributed by atoms with Crippen molar-refractivity contribution in [3.05, 3.63) is 17.0 Å². The predicted octanol–water partition coefficient (Wildman–Crippen LogP) is 1.63. The summed E-state index contributed by atoms with van der Waals surface area (Å²) in [6, 6.07) is -0.333. The lowest BCUT2D eigenvalue weighted by atomic mass is 10.0. The molecular weight excluding hydrogens is 276 g/mol. The Morgan fingerprint density at radius 3 is 2.50 bits per heavy atom. The third kappa shape index (κ3) is 4.80. The average molecular weight is 303 g/mol. The molecule has 1 amide bonds. The van der Waals surface area contributed by atoms with Gasteiger partial charge in [-0.15, -0.1) is 12.4 Å². The van der Waals surface area contributed by atoms with E-state index in [2.05, 4.69) is 10.4 Å². The monoisotopic (exact) mass is 302 g/mol. The van der Waals surface area contributed by atoms with Gasteiger partial charge in [-0.2, -0.15) is 5.10 Å². The zero-order chi connectivity index (χ0) is 14.6. The third-order valence-corrected chi connectivity index (χ3v) is 3.49. The fraction of sp³-hybridized carbons (Fsp3) is 0.714. The third-order valence-electron chi connectivity index (χ3n) is 3.49. The molecule has 5 nitrogen and oxygen atoms in total. The summed E-state index contributed by atoms with van der Waals surface area (Å²) in [6.07, 6.45) is 2.43. The highest BCUT2D eigenvalue weighted by Gasteiger charge is 2.17. The maximum absolute atomic E-state index is 11.9. The first-order valence-electron chi connectivity index (χ1n) is 6.91. The lowest BCUT2D eigenvalue weighted by molar-refractivity contribution is -0.123. The zero-order valence-electron chi connectivity index (χ0n) is 13.1. The topological polar surface area (TPSA) is 72.9 Å². The van der Waals surface area contributed by atoms with Gasteiger partial charge in [0.1, 0.15) is 0 Å². The molecule has 6 heteroatoms. The first kappa shape index (κ1) is 18.9. The van der Waals surface area contributed by atoms with Crippen LogP contribution in [0, 0.1) is 13.8 Å². The van der Waals surface area contributed by atoms with Crippen LogP contribution in [0.2, 0.25) is 0 Å². The molecule has 0 aliphatic rings. The summed E-state index contributed by atoms with van der Waals surface area (Å²) in [4.78, 5) is 11.9. The van der Waals surface area contributed by atoms with Crippen LogP contribution < -0.4 is 11.1 Å². The van der Waals surface area contributed by atoms with Gasteiger partial charge in [-0.05, 0) is 39.2 Å². The minimum atomic E-state index is -0.399. The maximum Gasteiger partial charge on any atom is 0.237 e. The number of amides is 1. The van der Waals surface area contributed by atoms with E-state index in [4.69, 9.17) is 5.73 Å². The Labute approximate surface area is 127 Å². The summed E-state index contributed by atoms with van der Waals surface area (Å²) in [5, 5.41) is 7.36. The van der Waals surface area contributed by atoms with Crippen LogP contribution in [-0.2, 0) is 18.3 Å². The largest absolute Gasteiger partial charge is 0.352 e. The maximum atomic E-state index is 11.9. The molecule has 1 heterocycles. The van der Waals surface area contributed by atoms with Crippen LogP contribution in [0.5, 0.6) is 0 Å². The van der Waals surface area contributed by atoms with E-state index in [1.54, 1.807) is 0 Å². The highest BCUT2D eigenvalue weighted by molar-refractivity contribution is 5.85. The van der Waals surface area contributed by atoms with Gasteiger partial charge in [-0.1, -0.05) is 13.3 Å². The molecule has 2 atom stereocenters. The minimum Gasteiger partial charge on any atom is -0.352 e. The van der Waals surface area contributed by atoms with Crippen molar-refractivity contribution in [1.29, 1.82) is 0 Å². The number of nitrogens with zero attached hydrogens (tertiary/aromatic N) is 2. The normalized spacial score (nSPS) is 13.5. The molecule has 0 radical (unpaired) electrons. The molecule has 0 saturated heterocycles. The molecule has 20 heavy (non-hydrogen) atoms. The predicted molar refractivity (Wildman–Crippen MR) is 84.1 cm³/mol. The first-order chi connectivity index (χ1) is 8.86. The molecule has 0 bridgehead atoms. The van der Waals surface area contributed by atoms with Crippen LogP contribution in [-0.4, -0.2) is 27.8 Å². The van der Waals surface area contributed by atoms with Gasteiger partial charge >= 0.3 is 0 Å². The van der Waals surface area contributed by atoms with Crippen LogP contribution >= 0.6 is 12.4 Å². The Kier molecular flexibility index (Phi) is 7.83. The van der Waals surface area contributed by atoms with Gasteiger partial charge < -0.3 is 11.1 Å². The lowest BCUT2D eigenvalue weighted by Gasteiger charge is -2.17. The second kappa shape index (κ2) is 8.27. The fourth-order valence-corrected chi connectivity index (χ4v) is 2.26. The first-order valence-corrected chi connectivity index (χ1v) is 6.91. The highest BCUT2D eigenvalue weighted by atomic mass is 35.5. The second-order valence-electron chi connectivity index (χ2n) is 5.28. The molecule has 0 saturated carbocycles. The highest BCUT2D eigenvalue weighted by Crippen LogP contribution is 2.14. The molecule has 0 spiro atoms. The van der Waals surface area contributed by atoms with E-state index in [9.17, 15) is 4.79 Å². The van der Waals surface area contributed by atoms with Crippen LogP contribution in [0.25, 0.3) is 0 Å². The SMILES string of the molecule is CCCC(N)C(=O)NC(C)Cc1c(C)nn(C)c1C.Cl. The summed E-state index contributed by atoms with van der Waals surface area (Å²) in [5.41, 5.74) is 9.19. The average Bonchev–Trinajstić information content (AvgIpc) is 2.56. The van der Waals surface area contributed by atoms with E-state index in [1.807, 2.05) is 39.4 Å². The summed E-state index contributed by atoms with van der Waals surface area (Å²) in [6.45, 7) is 8.08. The van der Waals surface area contributed by atoms with Crippen molar-refractivity contribution in [2.75, 3.05) is 0 Å². The standard InChI is InChI=1S/C14H26N4O.ClH/c1-6-7-13(15)14(19)16-9(2)8-12-10(3)17-18(5)11(12)4;/h9,13H,6-8,15H2,1-5H3,(H,16,19);1H. The van der Waals surface area contributed by atoms with Crippen LogP contribution in [0.3, 0.4) is 0 Å². The van der Waals surface area contributed by atoms with Gasteiger partial charge in [0.05, 0.1) is 11.7 Å². The number of nitrogens with one attached hydrogen (secondary N) is 1. The molecule has 0 aliphatic heterocycles. The van der Waals surface area contributed by atoms with Gasteiger partial charge in [-0.25, -0.2) is 0 Å². The number of hydrogen-bond donors (Lipinski definition) is 2. The summed E-state index contributed by atoms with van der Waals surface area (Å²) < 4.78 is 1.88. The summed E-state index contributed by atoms with van der Waals surface area (Å²) in [7, 11) is 1.94. The number of carbonyl (C=O) groups excluding carboxylic acids is 1. The van der Waals surface area contributed by atoms with E-state index in [-0.39, 0.29) is 24.4 Å². The van der Waals surface area contributed by atoms with Crippen LogP contribution in [0.15, 0.2) is 0 Å². The molecule has 116 valence electrons. The Bertz CT molecular complexity index is 445. The zero-order valence-corrected chi connectivity index (χ0v) is 13.9. The summed E-state index contributed by atoms with van der Waals surface area (Å²) >= 11 is 0. The van der Waals surface area contributed by atoms with Crippen LogP contribution in [0.1, 0.15) is 43.6 Å². The molecular formula is C14H27ClN4O. The van der Waals surface area contributed by atoms with Crippen molar-refractivity contribution in [1.82, 2.24) is 15.1 Å². The van der Waals surface area contributed by atoms with Crippen molar-refractivity contribution >= 4 is 18.3 Å². The minimum absolute atomic E-state index is 0. The van der Waals surface area contributed by atoms with E-state index in [1.165, 1.54) is 5.56 Å². The van der Waals surface area contributed by atoms with Gasteiger partial charge in [-0.3, -0.25) is 9.48 Å². The van der Waals surface area contributed by atoms with Gasteiger partial charge in [0, 0.05) is 18.8 Å². The van der Waals surface area contributed by atoms with Gasteiger partial charge in [0.25, 0.3) is 0 Å². The van der Waals surface area contributed by atoms with E-state index in [0.29, 0.717) is 0 Å². The number of rotatable bonds is 6. The Morgan fingerprint density at radius 1 is 1.45 bits per heavy atom. The number of hydrogen-bond acceptors (Lipinski definition) is 3. The number of nitrogens with two attached hydrogens (primary N) is 1. The number of aromatic nitrogens is 2. The van der Waals surface area contributed by atoms with E-state index >= 15 is 0 Å². The molecule has 0 aromatic carbocycles. The molecule has 3 N–H and O–H groups in total. The molecule has 0 aliphatic carbocycles. The van der Waals surface area contributed by atoms with Crippen molar-refractivity contribution in [2.24, 2.45) is 12.8 Å². The summed E-state index contributed by atoms with van der Waals surface area (Å²) in [5.74, 6) is -0.0615. The Morgan fingerprint density at radius 2 is 2.05 bits per heavy atom.